The quantitative estimate of drug-likeness (QED) is 0.173. The van der Waals surface area contributed by atoms with Gasteiger partial charge in [-0.25, -0.2) is 0 Å². The largest absolute Gasteiger partial charge is 0.456 e. The molecule has 0 bridgehead atoms. The van der Waals surface area contributed by atoms with Crippen LogP contribution in [-0.4, -0.2) is 4.57 Å². The van der Waals surface area contributed by atoms with Crippen LogP contribution >= 0.6 is 0 Å². The number of rotatable bonds is 5. The number of ether oxygens (including phenoxy) is 1. The smallest absolute Gasteiger partial charge is 0.140 e. The van der Waals surface area contributed by atoms with E-state index in [4.69, 9.17) is 4.74 Å². The lowest BCUT2D eigenvalue weighted by atomic mass is 9.63. The monoisotopic (exact) mass is 717 g/mol. The lowest BCUT2D eigenvalue weighted by Gasteiger charge is -2.42. The molecule has 1 aliphatic carbocycles. The normalized spacial score (nSPS) is 14.3. The average Bonchev–Trinajstić information content (AvgIpc) is 3.73. The minimum absolute atomic E-state index is 0.283. The van der Waals surface area contributed by atoms with Crippen molar-refractivity contribution in [3.05, 3.63) is 234 Å². The molecule has 0 radical (unpaired) electrons. The standard InChI is InChI=1S/C54H39NO/c1-53(2)44-33-34-45-52(56-48-30-18-16-28-43(48)54(45,38-21-9-4-10-22-38)39-23-11-5-12-24-39)50(44)41-32-31-37(35-46(41)53)51-49(36-19-7-3-8-20-36)42-27-15-17-29-47(42)55(51)40-25-13-6-14-26-40/h3-35H,1-2H3. The zero-order valence-corrected chi connectivity index (χ0v) is 31.4. The molecule has 0 fully saturated rings. The highest BCUT2D eigenvalue weighted by Crippen LogP contribution is 2.62. The molecule has 0 atom stereocenters. The van der Waals surface area contributed by atoms with Gasteiger partial charge >= 0.3 is 0 Å². The third kappa shape index (κ3) is 4.50. The second kappa shape index (κ2) is 12.3. The molecule has 2 nitrogen and oxygen atoms in total. The van der Waals surface area contributed by atoms with Crippen LogP contribution in [0.25, 0.3) is 50.1 Å². The molecular formula is C54H39NO. The fourth-order valence-electron chi connectivity index (χ4n) is 9.88. The van der Waals surface area contributed by atoms with Crippen LogP contribution in [0.2, 0.25) is 0 Å². The first-order valence-electron chi connectivity index (χ1n) is 19.5. The van der Waals surface area contributed by atoms with Gasteiger partial charge in [-0.1, -0.05) is 184 Å². The maximum absolute atomic E-state index is 7.17. The van der Waals surface area contributed by atoms with E-state index in [9.17, 15) is 0 Å². The van der Waals surface area contributed by atoms with Crippen LogP contribution in [0.5, 0.6) is 11.5 Å². The Bertz CT molecular complexity index is 2830. The summed E-state index contributed by atoms with van der Waals surface area (Å²) in [5.74, 6) is 1.83. The third-order valence-electron chi connectivity index (χ3n) is 12.3. The number of benzene rings is 8. The van der Waals surface area contributed by atoms with Gasteiger partial charge in [0.25, 0.3) is 0 Å². The van der Waals surface area contributed by atoms with Crippen molar-refractivity contribution >= 4 is 10.9 Å². The van der Waals surface area contributed by atoms with E-state index in [1.54, 1.807) is 0 Å². The van der Waals surface area contributed by atoms with E-state index in [2.05, 4.69) is 219 Å². The van der Waals surface area contributed by atoms with Crippen molar-refractivity contribution in [2.75, 3.05) is 0 Å². The molecule has 1 aromatic heterocycles. The van der Waals surface area contributed by atoms with E-state index in [1.165, 1.54) is 66.7 Å². The number of aromatic nitrogens is 1. The maximum atomic E-state index is 7.17. The SMILES string of the molecule is CC1(C)c2cc(-c3c(-c4ccccc4)c4ccccc4n3-c3ccccc3)ccc2-c2c1ccc1c2Oc2ccccc2C1(c1ccccc1)c1ccccc1. The van der Waals surface area contributed by atoms with Crippen LogP contribution in [0.4, 0.5) is 0 Å². The Morgan fingerprint density at radius 1 is 0.446 bits per heavy atom. The number of hydrogen-bond acceptors (Lipinski definition) is 1. The first-order valence-corrected chi connectivity index (χ1v) is 19.5. The summed E-state index contributed by atoms with van der Waals surface area (Å²) in [7, 11) is 0. The van der Waals surface area contributed by atoms with Gasteiger partial charge < -0.3 is 9.30 Å². The molecule has 1 aliphatic heterocycles. The van der Waals surface area contributed by atoms with Gasteiger partial charge in [0.1, 0.15) is 11.5 Å². The molecule has 0 amide bonds. The summed E-state index contributed by atoms with van der Waals surface area (Å²) < 4.78 is 9.62. The van der Waals surface area contributed by atoms with Crippen LogP contribution < -0.4 is 4.74 Å². The van der Waals surface area contributed by atoms with Gasteiger partial charge in [0.15, 0.2) is 0 Å². The Balaban J connectivity index is 1.19. The van der Waals surface area contributed by atoms with Gasteiger partial charge in [0.05, 0.1) is 16.6 Å². The molecule has 8 aromatic carbocycles. The number of para-hydroxylation sites is 3. The first kappa shape index (κ1) is 32.5. The van der Waals surface area contributed by atoms with Gasteiger partial charge in [0, 0.05) is 38.7 Å². The Hall–Kier alpha value is -6.90. The highest BCUT2D eigenvalue weighted by Gasteiger charge is 2.48. The van der Waals surface area contributed by atoms with Gasteiger partial charge in [-0.2, -0.15) is 0 Å². The fourth-order valence-corrected chi connectivity index (χ4v) is 9.88. The average molecular weight is 718 g/mol. The summed E-state index contributed by atoms with van der Waals surface area (Å²) in [6.45, 7) is 4.74. The summed E-state index contributed by atoms with van der Waals surface area (Å²) in [6.07, 6.45) is 0. The summed E-state index contributed by atoms with van der Waals surface area (Å²) >= 11 is 0. The van der Waals surface area contributed by atoms with E-state index in [1.807, 2.05) is 0 Å². The topological polar surface area (TPSA) is 14.2 Å². The molecule has 2 heterocycles. The predicted molar refractivity (Wildman–Crippen MR) is 230 cm³/mol. The van der Waals surface area contributed by atoms with Crippen molar-refractivity contribution < 1.29 is 4.74 Å². The zero-order chi connectivity index (χ0) is 37.4. The van der Waals surface area contributed by atoms with E-state index >= 15 is 0 Å². The summed E-state index contributed by atoms with van der Waals surface area (Å²) in [5, 5.41) is 1.24. The zero-order valence-electron chi connectivity index (χ0n) is 31.4. The molecule has 2 aliphatic rings. The van der Waals surface area contributed by atoms with Crippen molar-refractivity contribution in [3.63, 3.8) is 0 Å². The van der Waals surface area contributed by atoms with Gasteiger partial charge in [0.2, 0.25) is 0 Å². The Labute approximate surface area is 327 Å². The summed E-state index contributed by atoms with van der Waals surface area (Å²) in [5.41, 5.74) is 16.1. The Morgan fingerprint density at radius 3 is 1.75 bits per heavy atom. The maximum Gasteiger partial charge on any atom is 0.140 e. The van der Waals surface area contributed by atoms with Gasteiger partial charge in [-0.3, -0.25) is 0 Å². The van der Waals surface area contributed by atoms with E-state index < -0.39 is 5.41 Å². The Morgan fingerprint density at radius 2 is 1.04 bits per heavy atom. The molecule has 0 spiro atoms. The molecule has 56 heavy (non-hydrogen) atoms. The van der Waals surface area contributed by atoms with Crippen LogP contribution in [-0.2, 0) is 10.8 Å². The molecule has 0 saturated heterocycles. The first-order chi connectivity index (χ1) is 27.6. The molecule has 11 rings (SSSR count). The third-order valence-corrected chi connectivity index (χ3v) is 12.3. The molecular weight excluding hydrogens is 679 g/mol. The van der Waals surface area contributed by atoms with E-state index in [0.29, 0.717) is 0 Å². The summed E-state index contributed by atoms with van der Waals surface area (Å²) in [4.78, 5) is 0. The number of nitrogens with zero attached hydrogens (tertiary/aromatic N) is 1. The van der Waals surface area contributed by atoms with Gasteiger partial charge in [-0.15, -0.1) is 0 Å². The van der Waals surface area contributed by atoms with Crippen LogP contribution in [0.3, 0.4) is 0 Å². The van der Waals surface area contributed by atoms with Crippen LogP contribution in [0.1, 0.15) is 47.2 Å². The van der Waals surface area contributed by atoms with Crippen molar-refractivity contribution in [1.29, 1.82) is 0 Å². The van der Waals surface area contributed by atoms with Crippen molar-refractivity contribution in [2.45, 2.75) is 24.7 Å². The van der Waals surface area contributed by atoms with Gasteiger partial charge in [-0.05, 0) is 69.3 Å². The molecule has 0 saturated carbocycles. The minimum Gasteiger partial charge on any atom is -0.456 e. The second-order valence-electron chi connectivity index (χ2n) is 15.6. The molecule has 0 N–H and O–H groups in total. The lowest BCUT2D eigenvalue weighted by molar-refractivity contribution is 0.435. The number of fused-ring (bicyclic) bond motifs is 7. The van der Waals surface area contributed by atoms with Crippen molar-refractivity contribution in [1.82, 2.24) is 4.57 Å². The van der Waals surface area contributed by atoms with Crippen molar-refractivity contribution in [2.24, 2.45) is 0 Å². The number of hydrogen-bond donors (Lipinski definition) is 0. The fraction of sp³-hybridized carbons (Fsp3) is 0.0741. The summed E-state index contributed by atoms with van der Waals surface area (Å²) in [6, 6.07) is 72.8. The minimum atomic E-state index is -0.574. The van der Waals surface area contributed by atoms with E-state index in [0.717, 1.165) is 28.3 Å². The highest BCUT2D eigenvalue weighted by atomic mass is 16.5. The predicted octanol–water partition coefficient (Wildman–Crippen LogP) is 13.8. The Kier molecular flexibility index (Phi) is 7.15. The van der Waals surface area contributed by atoms with Crippen LogP contribution in [0.15, 0.2) is 200 Å². The van der Waals surface area contributed by atoms with Crippen molar-refractivity contribution in [3.8, 4) is 50.7 Å². The molecule has 0 unspecified atom stereocenters. The lowest BCUT2D eigenvalue weighted by Crippen LogP contribution is -2.34. The molecule has 9 aromatic rings. The highest BCUT2D eigenvalue weighted by molar-refractivity contribution is 6.06. The second-order valence-corrected chi connectivity index (χ2v) is 15.6. The van der Waals surface area contributed by atoms with E-state index in [-0.39, 0.29) is 5.41 Å². The molecule has 266 valence electrons. The molecule has 2 heteroatoms. The van der Waals surface area contributed by atoms with Crippen LogP contribution in [0, 0.1) is 0 Å².